The first kappa shape index (κ1) is 22.8. The molecule has 0 saturated heterocycles. The van der Waals surface area contributed by atoms with Crippen LogP contribution >= 0.6 is 0 Å². The summed E-state index contributed by atoms with van der Waals surface area (Å²) in [6, 6.07) is 7.69. The molecule has 1 atom stereocenters. The largest absolute Gasteiger partial charge is 0.463 e. The van der Waals surface area contributed by atoms with Gasteiger partial charge in [0.2, 0.25) is 5.78 Å². The van der Waals surface area contributed by atoms with Crippen LogP contribution in [0, 0.1) is 0 Å². The Labute approximate surface area is 162 Å². The average Bonchev–Trinajstić information content (AvgIpc) is 2.65. The van der Waals surface area contributed by atoms with Crippen molar-refractivity contribution in [2.24, 2.45) is 0 Å². The normalized spacial score (nSPS) is 12.7. The van der Waals surface area contributed by atoms with Crippen molar-refractivity contribution >= 4 is 29.7 Å². The molecule has 0 N–H and O–H groups in total. The highest BCUT2D eigenvalue weighted by Crippen LogP contribution is 2.27. The second-order valence-electron chi connectivity index (χ2n) is 5.66. The zero-order valence-corrected chi connectivity index (χ0v) is 15.9. The van der Waals surface area contributed by atoms with Crippen LogP contribution in [0.3, 0.4) is 0 Å². The SMILES string of the molecule is CCCC(OC(=O)C=CC(=O)OCC)(C(=O)OC(C)=O)C(=O)c1ccccc1. The number of ketones is 1. The minimum absolute atomic E-state index is 0.0959. The van der Waals surface area contributed by atoms with Crippen molar-refractivity contribution in [2.75, 3.05) is 6.61 Å². The van der Waals surface area contributed by atoms with Crippen molar-refractivity contribution in [3.63, 3.8) is 0 Å². The van der Waals surface area contributed by atoms with Gasteiger partial charge in [-0.05, 0) is 6.92 Å². The molecule has 0 aromatic heterocycles. The molecule has 8 nitrogen and oxygen atoms in total. The highest BCUT2D eigenvalue weighted by atomic mass is 16.6. The lowest BCUT2D eigenvalue weighted by molar-refractivity contribution is -0.179. The zero-order valence-electron chi connectivity index (χ0n) is 15.9. The maximum absolute atomic E-state index is 13.1. The van der Waals surface area contributed by atoms with Crippen LogP contribution in [0.1, 0.15) is 44.0 Å². The molecule has 0 fully saturated rings. The molecule has 1 rings (SSSR count). The maximum Gasteiger partial charge on any atom is 0.366 e. The Kier molecular flexibility index (Phi) is 8.74. The van der Waals surface area contributed by atoms with Gasteiger partial charge < -0.3 is 14.2 Å². The molecule has 1 aromatic rings. The first-order valence-electron chi connectivity index (χ1n) is 8.67. The molecular formula is C20H22O8. The first-order chi connectivity index (χ1) is 13.3. The van der Waals surface area contributed by atoms with E-state index in [2.05, 4.69) is 9.47 Å². The van der Waals surface area contributed by atoms with Crippen molar-refractivity contribution in [3.05, 3.63) is 48.0 Å². The summed E-state index contributed by atoms with van der Waals surface area (Å²) in [6.45, 7) is 4.35. The van der Waals surface area contributed by atoms with Crippen molar-refractivity contribution in [3.8, 4) is 0 Å². The summed E-state index contributed by atoms with van der Waals surface area (Å²) in [4.78, 5) is 60.5. The predicted molar refractivity (Wildman–Crippen MR) is 97.0 cm³/mol. The molecule has 0 radical (unpaired) electrons. The molecule has 0 spiro atoms. The molecule has 0 aliphatic heterocycles. The Balaban J connectivity index is 3.29. The number of hydrogen-bond acceptors (Lipinski definition) is 8. The van der Waals surface area contributed by atoms with Crippen molar-refractivity contribution < 1.29 is 38.2 Å². The molecule has 0 aliphatic rings. The van der Waals surface area contributed by atoms with E-state index in [0.29, 0.717) is 0 Å². The Morgan fingerprint density at radius 3 is 2.11 bits per heavy atom. The standard InChI is InChI=1S/C20H22O8/c1-4-13-20(19(25)27-14(3)21,18(24)15-9-7-6-8-10-15)28-17(23)12-11-16(22)26-5-2/h6-12H,4-5,13H2,1-3H3. The summed E-state index contributed by atoms with van der Waals surface area (Å²) in [7, 11) is 0. The lowest BCUT2D eigenvalue weighted by Gasteiger charge is -2.28. The van der Waals surface area contributed by atoms with E-state index in [9.17, 15) is 24.0 Å². The maximum atomic E-state index is 13.1. The molecule has 0 saturated carbocycles. The number of Topliss-reactive ketones (excluding diaryl/α,β-unsaturated/α-hetero) is 1. The zero-order chi connectivity index (χ0) is 21.2. The summed E-state index contributed by atoms with van der Waals surface area (Å²) in [5.74, 6) is -5.01. The van der Waals surface area contributed by atoms with Gasteiger partial charge >= 0.3 is 23.9 Å². The molecule has 150 valence electrons. The van der Waals surface area contributed by atoms with Gasteiger partial charge in [-0.3, -0.25) is 9.59 Å². The molecule has 1 unspecified atom stereocenters. The Hall–Kier alpha value is -3.29. The van der Waals surface area contributed by atoms with Gasteiger partial charge in [-0.15, -0.1) is 0 Å². The van der Waals surface area contributed by atoms with E-state index in [4.69, 9.17) is 4.74 Å². The topological polar surface area (TPSA) is 113 Å². The average molecular weight is 390 g/mol. The molecule has 0 bridgehead atoms. The Bertz CT molecular complexity index is 766. The molecular weight excluding hydrogens is 368 g/mol. The molecule has 0 aliphatic carbocycles. The van der Waals surface area contributed by atoms with Gasteiger partial charge in [-0.2, -0.15) is 0 Å². The third kappa shape index (κ3) is 6.15. The van der Waals surface area contributed by atoms with Crippen LogP contribution in [0.25, 0.3) is 0 Å². The van der Waals surface area contributed by atoms with Crippen LogP contribution in [0.4, 0.5) is 0 Å². The fraction of sp³-hybridized carbons (Fsp3) is 0.350. The van der Waals surface area contributed by atoms with E-state index in [-0.39, 0.29) is 25.0 Å². The minimum atomic E-state index is -2.36. The summed E-state index contributed by atoms with van der Waals surface area (Å²) in [5.41, 5.74) is -2.27. The second-order valence-corrected chi connectivity index (χ2v) is 5.66. The van der Waals surface area contributed by atoms with E-state index in [1.165, 1.54) is 12.1 Å². The number of esters is 4. The molecule has 28 heavy (non-hydrogen) atoms. The fourth-order valence-corrected chi connectivity index (χ4v) is 2.37. The summed E-state index contributed by atoms with van der Waals surface area (Å²) in [6.07, 6.45) is 1.60. The third-order valence-electron chi connectivity index (χ3n) is 3.49. The van der Waals surface area contributed by atoms with Crippen LogP contribution < -0.4 is 0 Å². The van der Waals surface area contributed by atoms with E-state index in [0.717, 1.165) is 19.1 Å². The van der Waals surface area contributed by atoms with Crippen LogP contribution in [-0.4, -0.2) is 41.9 Å². The number of ether oxygens (including phenoxy) is 3. The van der Waals surface area contributed by atoms with Gasteiger partial charge in [0.05, 0.1) is 6.61 Å². The van der Waals surface area contributed by atoms with Crippen molar-refractivity contribution in [1.82, 2.24) is 0 Å². The van der Waals surface area contributed by atoms with Crippen LogP contribution in [0.5, 0.6) is 0 Å². The number of hydrogen-bond donors (Lipinski definition) is 0. The summed E-state index contributed by atoms with van der Waals surface area (Å²) >= 11 is 0. The lowest BCUT2D eigenvalue weighted by atomic mass is 9.88. The minimum Gasteiger partial charge on any atom is -0.463 e. The number of carbonyl (C=O) groups is 5. The highest BCUT2D eigenvalue weighted by Gasteiger charge is 2.51. The van der Waals surface area contributed by atoms with E-state index >= 15 is 0 Å². The van der Waals surface area contributed by atoms with Gasteiger partial charge in [0.1, 0.15) is 0 Å². The van der Waals surface area contributed by atoms with Crippen LogP contribution in [-0.2, 0) is 33.4 Å². The van der Waals surface area contributed by atoms with E-state index in [1.807, 2.05) is 0 Å². The van der Waals surface area contributed by atoms with Gasteiger partial charge in [0, 0.05) is 31.1 Å². The molecule has 1 aromatic carbocycles. The van der Waals surface area contributed by atoms with E-state index in [1.54, 1.807) is 32.0 Å². The summed E-state index contributed by atoms with van der Waals surface area (Å²) < 4.78 is 14.4. The van der Waals surface area contributed by atoms with Crippen molar-refractivity contribution in [2.45, 2.75) is 39.2 Å². The smallest absolute Gasteiger partial charge is 0.366 e. The number of benzene rings is 1. The second kappa shape index (κ2) is 10.8. The monoisotopic (exact) mass is 390 g/mol. The van der Waals surface area contributed by atoms with E-state index < -0.39 is 35.3 Å². The van der Waals surface area contributed by atoms with Gasteiger partial charge in [-0.1, -0.05) is 43.7 Å². The van der Waals surface area contributed by atoms with Gasteiger partial charge in [0.25, 0.3) is 5.60 Å². The Morgan fingerprint density at radius 2 is 1.57 bits per heavy atom. The fourth-order valence-electron chi connectivity index (χ4n) is 2.37. The quantitative estimate of drug-likeness (QED) is 0.207. The molecule has 0 heterocycles. The highest BCUT2D eigenvalue weighted by molar-refractivity contribution is 6.18. The van der Waals surface area contributed by atoms with Gasteiger partial charge in [0.15, 0.2) is 0 Å². The van der Waals surface area contributed by atoms with Crippen molar-refractivity contribution in [1.29, 1.82) is 0 Å². The van der Waals surface area contributed by atoms with Gasteiger partial charge in [-0.25, -0.2) is 14.4 Å². The van der Waals surface area contributed by atoms with Crippen LogP contribution in [0.2, 0.25) is 0 Å². The number of carbonyl (C=O) groups excluding carboxylic acids is 5. The number of rotatable bonds is 9. The molecule has 8 heteroatoms. The van der Waals surface area contributed by atoms with Crippen LogP contribution in [0.15, 0.2) is 42.5 Å². The first-order valence-corrected chi connectivity index (χ1v) is 8.67. The predicted octanol–water partition coefficient (Wildman–Crippen LogP) is 2.16. The lowest BCUT2D eigenvalue weighted by Crippen LogP contribution is -2.51. The Morgan fingerprint density at radius 1 is 0.964 bits per heavy atom. The summed E-state index contributed by atoms with van der Waals surface area (Å²) in [5, 5.41) is 0. The molecule has 0 amide bonds. The third-order valence-corrected chi connectivity index (χ3v) is 3.49.